The monoisotopic (exact) mass is 398 g/mol. The van der Waals surface area contributed by atoms with Crippen molar-refractivity contribution in [1.82, 2.24) is 10.2 Å². The maximum Gasteiger partial charge on any atom is 0.317 e. The lowest BCUT2D eigenvalue weighted by Gasteiger charge is -2.29. The third kappa shape index (κ3) is 4.87. The molecule has 2 amide bonds. The number of nitrogens with one attached hydrogen (secondary N) is 1. The molecule has 2 N–H and O–H groups in total. The Kier molecular flexibility index (Phi) is 6.48. The summed E-state index contributed by atoms with van der Waals surface area (Å²) in [5.74, 6) is -0.278. The molecule has 1 fully saturated rings. The summed E-state index contributed by atoms with van der Waals surface area (Å²) < 4.78 is 6.26. The number of carbonyl (C=O) groups is 2. The Bertz CT molecular complexity index is 600. The van der Waals surface area contributed by atoms with Crippen LogP contribution in [0.4, 0.5) is 4.79 Å². The summed E-state index contributed by atoms with van der Waals surface area (Å²) in [5.41, 5.74) is 0.916. The van der Waals surface area contributed by atoms with Crippen LogP contribution in [0.5, 0.6) is 5.75 Å². The summed E-state index contributed by atoms with van der Waals surface area (Å²) >= 11 is 3.43. The number of halogens is 1. The maximum atomic E-state index is 12.4. The number of carboxylic acid groups (broad SMARTS) is 1. The van der Waals surface area contributed by atoms with E-state index in [1.807, 2.05) is 18.2 Å². The minimum absolute atomic E-state index is 0.0416. The molecular formula is C17H23BrN2O4. The largest absolute Gasteiger partial charge is 0.496 e. The van der Waals surface area contributed by atoms with Gasteiger partial charge in [-0.15, -0.1) is 0 Å². The molecule has 0 radical (unpaired) electrons. The fourth-order valence-electron chi connectivity index (χ4n) is 2.97. The number of rotatable bonds is 5. The number of carboxylic acids is 1. The van der Waals surface area contributed by atoms with E-state index in [0.717, 1.165) is 15.8 Å². The highest BCUT2D eigenvalue weighted by Crippen LogP contribution is 2.26. The van der Waals surface area contributed by atoms with Gasteiger partial charge in [0, 0.05) is 23.1 Å². The standard InChI is InChI=1S/C17H23BrN2O4/c1-20(10-12-9-13(18)5-8-15(12)24-2)17(23)19-14-6-3-11(4-7-14)16(21)22/h5,8-9,11,14H,3-4,6-7,10H2,1-2H3,(H,19,23)(H,21,22). The summed E-state index contributed by atoms with van der Waals surface area (Å²) in [6.07, 6.45) is 2.64. The highest BCUT2D eigenvalue weighted by atomic mass is 79.9. The Balaban J connectivity index is 1.89. The van der Waals surface area contributed by atoms with Gasteiger partial charge >= 0.3 is 12.0 Å². The zero-order valence-electron chi connectivity index (χ0n) is 13.9. The van der Waals surface area contributed by atoms with Gasteiger partial charge in [0.2, 0.25) is 0 Å². The normalized spacial score (nSPS) is 20.3. The second kappa shape index (κ2) is 8.37. The van der Waals surface area contributed by atoms with Gasteiger partial charge in [-0.25, -0.2) is 4.79 Å². The van der Waals surface area contributed by atoms with E-state index in [9.17, 15) is 9.59 Å². The van der Waals surface area contributed by atoms with Gasteiger partial charge in [0.1, 0.15) is 5.75 Å². The molecule has 0 aliphatic heterocycles. The van der Waals surface area contributed by atoms with Crippen LogP contribution >= 0.6 is 15.9 Å². The van der Waals surface area contributed by atoms with Crippen molar-refractivity contribution in [3.8, 4) is 5.75 Å². The molecule has 132 valence electrons. The van der Waals surface area contributed by atoms with Gasteiger partial charge < -0.3 is 20.1 Å². The first-order valence-electron chi connectivity index (χ1n) is 7.97. The van der Waals surface area contributed by atoms with E-state index in [1.54, 1.807) is 19.1 Å². The van der Waals surface area contributed by atoms with Gasteiger partial charge in [-0.05, 0) is 43.9 Å². The predicted octanol–water partition coefficient (Wildman–Crippen LogP) is 3.24. The van der Waals surface area contributed by atoms with Crippen molar-refractivity contribution >= 4 is 27.9 Å². The second-order valence-corrected chi connectivity index (χ2v) is 7.06. The molecule has 2 rings (SSSR count). The van der Waals surface area contributed by atoms with Gasteiger partial charge in [0.05, 0.1) is 19.6 Å². The quantitative estimate of drug-likeness (QED) is 0.797. The van der Waals surface area contributed by atoms with Crippen LogP contribution in [0.2, 0.25) is 0 Å². The lowest BCUT2D eigenvalue weighted by atomic mass is 9.86. The van der Waals surface area contributed by atoms with Crippen LogP contribution in [0.1, 0.15) is 31.2 Å². The van der Waals surface area contributed by atoms with Crippen molar-refractivity contribution in [3.05, 3.63) is 28.2 Å². The van der Waals surface area contributed by atoms with Crippen LogP contribution in [0.15, 0.2) is 22.7 Å². The smallest absolute Gasteiger partial charge is 0.317 e. The first-order chi connectivity index (χ1) is 11.4. The van der Waals surface area contributed by atoms with Crippen molar-refractivity contribution in [3.63, 3.8) is 0 Å². The lowest BCUT2D eigenvalue weighted by Crippen LogP contribution is -2.44. The Morgan fingerprint density at radius 3 is 2.58 bits per heavy atom. The van der Waals surface area contributed by atoms with E-state index in [0.29, 0.717) is 32.2 Å². The molecule has 0 aromatic heterocycles. The molecular weight excluding hydrogens is 376 g/mol. The number of hydrogen-bond donors (Lipinski definition) is 2. The van der Waals surface area contributed by atoms with E-state index in [4.69, 9.17) is 9.84 Å². The van der Waals surface area contributed by atoms with Crippen LogP contribution in [-0.4, -0.2) is 42.2 Å². The minimum Gasteiger partial charge on any atom is -0.496 e. The summed E-state index contributed by atoms with van der Waals surface area (Å²) in [4.78, 5) is 24.9. The molecule has 7 heteroatoms. The van der Waals surface area contributed by atoms with Crippen LogP contribution in [0.25, 0.3) is 0 Å². The number of nitrogens with zero attached hydrogens (tertiary/aromatic N) is 1. The lowest BCUT2D eigenvalue weighted by molar-refractivity contribution is -0.142. The first-order valence-corrected chi connectivity index (χ1v) is 8.77. The average molecular weight is 399 g/mol. The van der Waals surface area contributed by atoms with Crippen LogP contribution in [0.3, 0.4) is 0 Å². The highest BCUT2D eigenvalue weighted by molar-refractivity contribution is 9.10. The molecule has 0 unspecified atom stereocenters. The molecule has 1 aromatic rings. The SMILES string of the molecule is COc1ccc(Br)cc1CN(C)C(=O)NC1CCC(C(=O)O)CC1. The molecule has 0 saturated heterocycles. The number of ether oxygens (including phenoxy) is 1. The van der Waals surface area contributed by atoms with Crippen molar-refractivity contribution < 1.29 is 19.4 Å². The zero-order valence-corrected chi connectivity index (χ0v) is 15.5. The van der Waals surface area contributed by atoms with Gasteiger partial charge in [0.25, 0.3) is 0 Å². The van der Waals surface area contributed by atoms with Gasteiger partial charge in [0.15, 0.2) is 0 Å². The molecule has 1 aromatic carbocycles. The summed E-state index contributed by atoms with van der Waals surface area (Å²) in [6.45, 7) is 0.429. The summed E-state index contributed by atoms with van der Waals surface area (Å²) in [6, 6.07) is 5.57. The summed E-state index contributed by atoms with van der Waals surface area (Å²) in [7, 11) is 3.34. The number of hydrogen-bond acceptors (Lipinski definition) is 3. The predicted molar refractivity (Wildman–Crippen MR) is 94.1 cm³/mol. The van der Waals surface area contributed by atoms with Gasteiger partial charge in [-0.1, -0.05) is 15.9 Å². The Labute approximate surface area is 150 Å². The zero-order chi connectivity index (χ0) is 17.7. The highest BCUT2D eigenvalue weighted by Gasteiger charge is 2.27. The van der Waals surface area contributed by atoms with E-state index in [-0.39, 0.29) is 18.0 Å². The number of amides is 2. The molecule has 0 bridgehead atoms. The van der Waals surface area contributed by atoms with Crippen molar-refractivity contribution in [2.24, 2.45) is 5.92 Å². The molecule has 0 spiro atoms. The number of urea groups is 1. The fourth-order valence-corrected chi connectivity index (χ4v) is 3.38. The van der Waals surface area contributed by atoms with Crippen LogP contribution in [0, 0.1) is 5.92 Å². The van der Waals surface area contributed by atoms with Crippen LogP contribution < -0.4 is 10.1 Å². The van der Waals surface area contributed by atoms with E-state index in [1.165, 1.54) is 0 Å². The molecule has 0 atom stereocenters. The summed E-state index contributed by atoms with van der Waals surface area (Å²) in [5, 5.41) is 12.0. The fraction of sp³-hybridized carbons (Fsp3) is 0.529. The van der Waals surface area contributed by atoms with E-state index < -0.39 is 5.97 Å². The van der Waals surface area contributed by atoms with Crippen molar-refractivity contribution in [2.75, 3.05) is 14.2 Å². The molecule has 1 saturated carbocycles. The molecule has 1 aliphatic carbocycles. The Morgan fingerprint density at radius 1 is 1.33 bits per heavy atom. The topological polar surface area (TPSA) is 78.9 Å². The minimum atomic E-state index is -0.737. The third-order valence-corrected chi connectivity index (χ3v) is 4.89. The molecule has 24 heavy (non-hydrogen) atoms. The van der Waals surface area contributed by atoms with Gasteiger partial charge in [-0.3, -0.25) is 4.79 Å². The second-order valence-electron chi connectivity index (χ2n) is 6.15. The van der Waals surface area contributed by atoms with E-state index >= 15 is 0 Å². The number of methoxy groups -OCH3 is 1. The number of aliphatic carboxylic acids is 1. The molecule has 6 nitrogen and oxygen atoms in total. The Hall–Kier alpha value is -1.76. The van der Waals surface area contributed by atoms with Crippen LogP contribution in [-0.2, 0) is 11.3 Å². The molecule has 0 heterocycles. The average Bonchev–Trinajstić information content (AvgIpc) is 2.55. The number of benzene rings is 1. The van der Waals surface area contributed by atoms with Gasteiger partial charge in [-0.2, -0.15) is 0 Å². The first kappa shape index (κ1) is 18.6. The van der Waals surface area contributed by atoms with Crippen molar-refractivity contribution in [2.45, 2.75) is 38.3 Å². The maximum absolute atomic E-state index is 12.4. The van der Waals surface area contributed by atoms with E-state index in [2.05, 4.69) is 21.2 Å². The Morgan fingerprint density at radius 2 is 2.00 bits per heavy atom. The third-order valence-electron chi connectivity index (χ3n) is 4.40. The number of carbonyl (C=O) groups excluding carboxylic acids is 1. The van der Waals surface area contributed by atoms with Crippen molar-refractivity contribution in [1.29, 1.82) is 0 Å². The molecule has 1 aliphatic rings.